The fraction of sp³-hybridized carbons (Fsp3) is 0.462. The van der Waals surface area contributed by atoms with Crippen LogP contribution in [-0.2, 0) is 11.3 Å². The van der Waals surface area contributed by atoms with Crippen molar-refractivity contribution in [2.45, 2.75) is 19.9 Å². The van der Waals surface area contributed by atoms with Crippen molar-refractivity contribution in [1.82, 2.24) is 5.32 Å². The average molecular weight is 253 g/mol. The van der Waals surface area contributed by atoms with Crippen LogP contribution in [0.5, 0.6) is 17.2 Å². The lowest BCUT2D eigenvalue weighted by molar-refractivity contribution is -0.120. The van der Waals surface area contributed by atoms with Crippen LogP contribution in [0.25, 0.3) is 0 Å². The lowest BCUT2D eigenvalue weighted by atomic mass is 10.1. The number of hydrogen-bond acceptors (Lipinski definition) is 4. The highest BCUT2D eigenvalue weighted by Gasteiger charge is 2.13. The highest BCUT2D eigenvalue weighted by molar-refractivity contribution is 5.75. The van der Waals surface area contributed by atoms with Gasteiger partial charge in [-0.15, -0.1) is 0 Å². The molecule has 0 spiro atoms. The third-order valence-corrected chi connectivity index (χ3v) is 2.54. The van der Waals surface area contributed by atoms with Gasteiger partial charge in [-0.2, -0.15) is 0 Å². The van der Waals surface area contributed by atoms with Gasteiger partial charge in [-0.1, -0.05) is 6.92 Å². The highest BCUT2D eigenvalue weighted by atomic mass is 16.5. The van der Waals surface area contributed by atoms with E-state index in [0.29, 0.717) is 30.2 Å². The summed E-state index contributed by atoms with van der Waals surface area (Å²) in [6.45, 7) is 2.24. The molecule has 1 aromatic rings. The SMILES string of the molecule is CCC(=O)NCc1cc(OC)c(OC)c(OC)c1. The molecule has 0 fully saturated rings. The average Bonchev–Trinajstić information content (AvgIpc) is 2.43. The Morgan fingerprint density at radius 2 is 1.67 bits per heavy atom. The number of ether oxygens (including phenoxy) is 3. The summed E-state index contributed by atoms with van der Waals surface area (Å²) < 4.78 is 15.7. The molecule has 5 nitrogen and oxygen atoms in total. The van der Waals surface area contributed by atoms with E-state index in [4.69, 9.17) is 14.2 Å². The maximum atomic E-state index is 11.2. The smallest absolute Gasteiger partial charge is 0.219 e. The number of benzene rings is 1. The van der Waals surface area contributed by atoms with Crippen molar-refractivity contribution in [3.8, 4) is 17.2 Å². The molecule has 0 atom stereocenters. The molecule has 100 valence electrons. The summed E-state index contributed by atoms with van der Waals surface area (Å²) in [6.07, 6.45) is 0.463. The van der Waals surface area contributed by atoms with E-state index < -0.39 is 0 Å². The van der Waals surface area contributed by atoms with Gasteiger partial charge < -0.3 is 19.5 Å². The van der Waals surface area contributed by atoms with E-state index in [9.17, 15) is 4.79 Å². The zero-order valence-corrected chi connectivity index (χ0v) is 11.2. The van der Waals surface area contributed by atoms with E-state index in [1.54, 1.807) is 21.3 Å². The van der Waals surface area contributed by atoms with Crippen molar-refractivity contribution in [3.05, 3.63) is 17.7 Å². The summed E-state index contributed by atoms with van der Waals surface area (Å²) >= 11 is 0. The van der Waals surface area contributed by atoms with Gasteiger partial charge in [-0.25, -0.2) is 0 Å². The van der Waals surface area contributed by atoms with Gasteiger partial charge in [0.15, 0.2) is 11.5 Å². The van der Waals surface area contributed by atoms with Gasteiger partial charge in [0.2, 0.25) is 11.7 Å². The van der Waals surface area contributed by atoms with Crippen molar-refractivity contribution < 1.29 is 19.0 Å². The monoisotopic (exact) mass is 253 g/mol. The Bertz CT molecular complexity index is 392. The fourth-order valence-corrected chi connectivity index (χ4v) is 1.56. The van der Waals surface area contributed by atoms with Crippen LogP contribution in [0, 0.1) is 0 Å². The number of carbonyl (C=O) groups excluding carboxylic acids is 1. The summed E-state index contributed by atoms with van der Waals surface area (Å²) in [7, 11) is 4.68. The van der Waals surface area contributed by atoms with Crippen molar-refractivity contribution in [2.24, 2.45) is 0 Å². The van der Waals surface area contributed by atoms with E-state index in [1.165, 1.54) is 0 Å². The summed E-state index contributed by atoms with van der Waals surface area (Å²) in [5.41, 5.74) is 0.895. The molecular formula is C13H19NO4. The lowest BCUT2D eigenvalue weighted by Crippen LogP contribution is -2.21. The molecule has 1 amide bonds. The Morgan fingerprint density at radius 1 is 1.11 bits per heavy atom. The standard InChI is InChI=1S/C13H19NO4/c1-5-12(15)14-8-9-6-10(16-2)13(18-4)11(7-9)17-3/h6-7H,5,8H2,1-4H3,(H,14,15). The molecular weight excluding hydrogens is 234 g/mol. The molecule has 1 N–H and O–H groups in total. The Hall–Kier alpha value is -1.91. The van der Waals surface area contributed by atoms with Crippen LogP contribution >= 0.6 is 0 Å². The van der Waals surface area contributed by atoms with Crippen LogP contribution in [0.4, 0.5) is 0 Å². The minimum absolute atomic E-state index is 0.00347. The Kier molecular flexibility index (Phi) is 5.30. The van der Waals surface area contributed by atoms with Crippen molar-refractivity contribution in [1.29, 1.82) is 0 Å². The molecule has 0 aromatic heterocycles. The minimum Gasteiger partial charge on any atom is -0.493 e. The molecule has 18 heavy (non-hydrogen) atoms. The van der Waals surface area contributed by atoms with Crippen LogP contribution in [0.3, 0.4) is 0 Å². The molecule has 0 saturated carbocycles. The molecule has 0 radical (unpaired) electrons. The summed E-state index contributed by atoms with van der Waals surface area (Å²) in [5, 5.41) is 2.80. The Labute approximate surface area is 107 Å². The Morgan fingerprint density at radius 3 is 2.06 bits per heavy atom. The maximum absolute atomic E-state index is 11.2. The van der Waals surface area contributed by atoms with Gasteiger partial charge in [0.25, 0.3) is 0 Å². The second kappa shape index (κ2) is 6.74. The predicted molar refractivity (Wildman–Crippen MR) is 68.2 cm³/mol. The molecule has 0 aliphatic rings. The number of hydrogen-bond donors (Lipinski definition) is 1. The molecule has 1 rings (SSSR count). The zero-order chi connectivity index (χ0) is 13.5. The summed E-state index contributed by atoms with van der Waals surface area (Å²) in [5.74, 6) is 1.71. The van der Waals surface area contributed by atoms with Crippen molar-refractivity contribution >= 4 is 5.91 Å². The number of carbonyl (C=O) groups is 1. The molecule has 0 heterocycles. The van der Waals surface area contributed by atoms with E-state index in [2.05, 4.69) is 5.32 Å². The van der Waals surface area contributed by atoms with E-state index in [-0.39, 0.29) is 5.91 Å². The number of methoxy groups -OCH3 is 3. The number of rotatable bonds is 6. The van der Waals surface area contributed by atoms with E-state index in [1.807, 2.05) is 19.1 Å². The van der Waals surface area contributed by atoms with Gasteiger partial charge in [0.1, 0.15) is 0 Å². The first-order valence-corrected chi connectivity index (χ1v) is 5.71. The van der Waals surface area contributed by atoms with E-state index >= 15 is 0 Å². The normalized spacial score (nSPS) is 9.78. The van der Waals surface area contributed by atoms with E-state index in [0.717, 1.165) is 5.56 Å². The van der Waals surface area contributed by atoms with Crippen LogP contribution in [-0.4, -0.2) is 27.2 Å². The highest BCUT2D eigenvalue weighted by Crippen LogP contribution is 2.38. The van der Waals surface area contributed by atoms with Gasteiger partial charge in [0.05, 0.1) is 21.3 Å². The molecule has 0 aliphatic carbocycles. The number of nitrogens with one attached hydrogen (secondary N) is 1. The summed E-state index contributed by atoms with van der Waals surface area (Å²) in [6, 6.07) is 3.63. The van der Waals surface area contributed by atoms with Gasteiger partial charge in [-0.05, 0) is 17.7 Å². The molecule has 0 aliphatic heterocycles. The molecule has 5 heteroatoms. The lowest BCUT2D eigenvalue weighted by Gasteiger charge is -2.14. The molecule has 1 aromatic carbocycles. The second-order valence-corrected chi connectivity index (χ2v) is 3.66. The topological polar surface area (TPSA) is 56.8 Å². The van der Waals surface area contributed by atoms with Crippen molar-refractivity contribution in [3.63, 3.8) is 0 Å². The third kappa shape index (κ3) is 3.29. The van der Waals surface area contributed by atoms with Crippen LogP contribution < -0.4 is 19.5 Å². The van der Waals surface area contributed by atoms with Crippen LogP contribution in [0.2, 0.25) is 0 Å². The fourth-order valence-electron chi connectivity index (χ4n) is 1.56. The molecule has 0 saturated heterocycles. The van der Waals surface area contributed by atoms with Gasteiger partial charge in [0, 0.05) is 13.0 Å². The van der Waals surface area contributed by atoms with Crippen molar-refractivity contribution in [2.75, 3.05) is 21.3 Å². The number of amides is 1. The van der Waals surface area contributed by atoms with Crippen LogP contribution in [0.1, 0.15) is 18.9 Å². The van der Waals surface area contributed by atoms with Gasteiger partial charge in [-0.3, -0.25) is 4.79 Å². The summed E-state index contributed by atoms with van der Waals surface area (Å²) in [4.78, 5) is 11.2. The maximum Gasteiger partial charge on any atom is 0.219 e. The largest absolute Gasteiger partial charge is 0.493 e. The first kappa shape index (κ1) is 14.2. The van der Waals surface area contributed by atoms with Crippen LogP contribution in [0.15, 0.2) is 12.1 Å². The molecule has 0 unspecified atom stereocenters. The third-order valence-electron chi connectivity index (χ3n) is 2.54. The Balaban J connectivity index is 2.96. The second-order valence-electron chi connectivity index (χ2n) is 3.66. The first-order valence-electron chi connectivity index (χ1n) is 5.71. The quantitative estimate of drug-likeness (QED) is 0.839. The van der Waals surface area contributed by atoms with Gasteiger partial charge >= 0.3 is 0 Å². The molecule has 0 bridgehead atoms. The minimum atomic E-state index is 0.00347. The predicted octanol–water partition coefficient (Wildman–Crippen LogP) is 1.74. The first-order chi connectivity index (χ1) is 8.65. The zero-order valence-electron chi connectivity index (χ0n) is 11.2.